The van der Waals surface area contributed by atoms with Crippen molar-refractivity contribution in [3.8, 4) is 0 Å². The summed E-state index contributed by atoms with van der Waals surface area (Å²) in [5.74, 6) is -0.114. The van der Waals surface area contributed by atoms with E-state index in [1.54, 1.807) is 12.1 Å². The van der Waals surface area contributed by atoms with Crippen molar-refractivity contribution < 1.29 is 4.79 Å². The first-order chi connectivity index (χ1) is 9.60. The van der Waals surface area contributed by atoms with Crippen LogP contribution in [0.15, 0.2) is 42.5 Å². The second-order valence-electron chi connectivity index (χ2n) is 4.60. The van der Waals surface area contributed by atoms with Crippen LogP contribution >= 0.6 is 27.5 Å². The molecule has 0 saturated carbocycles. The average molecular weight is 353 g/mol. The number of hydrogen-bond donors (Lipinski definition) is 1. The molecular weight excluding hydrogens is 338 g/mol. The Morgan fingerprint density at radius 1 is 1.15 bits per heavy atom. The van der Waals surface area contributed by atoms with Gasteiger partial charge in [-0.15, -0.1) is 0 Å². The topological polar surface area (TPSA) is 29.1 Å². The van der Waals surface area contributed by atoms with E-state index >= 15 is 0 Å². The first-order valence-corrected chi connectivity index (χ1v) is 7.78. The minimum atomic E-state index is -0.114. The summed E-state index contributed by atoms with van der Waals surface area (Å²) in [6, 6.07) is 13.4. The van der Waals surface area contributed by atoms with Gasteiger partial charge >= 0.3 is 0 Å². The van der Waals surface area contributed by atoms with Crippen molar-refractivity contribution in [2.45, 2.75) is 18.8 Å². The molecule has 0 fully saturated rings. The Morgan fingerprint density at radius 2 is 1.80 bits per heavy atom. The number of carbonyl (C=O) groups is 1. The number of rotatable bonds is 4. The van der Waals surface area contributed by atoms with Gasteiger partial charge in [0.15, 0.2) is 0 Å². The lowest BCUT2D eigenvalue weighted by molar-refractivity contribution is 0.0951. The number of halogens is 2. The second-order valence-corrected chi connectivity index (χ2v) is 5.56. The molecule has 0 aliphatic carbocycles. The Kier molecular flexibility index (Phi) is 5.21. The molecule has 1 N–H and O–H groups in total. The number of benzene rings is 2. The van der Waals surface area contributed by atoms with Crippen molar-refractivity contribution >= 4 is 33.4 Å². The number of amides is 1. The van der Waals surface area contributed by atoms with Gasteiger partial charge in [-0.3, -0.25) is 4.79 Å². The summed E-state index contributed by atoms with van der Waals surface area (Å²) in [5.41, 5.74) is 3.83. The molecule has 2 aromatic rings. The molecule has 0 aliphatic rings. The van der Waals surface area contributed by atoms with Crippen LogP contribution in [0.4, 0.5) is 0 Å². The molecule has 0 radical (unpaired) electrons. The molecule has 1 amide bonds. The van der Waals surface area contributed by atoms with Crippen molar-refractivity contribution in [2.24, 2.45) is 0 Å². The van der Waals surface area contributed by atoms with Crippen LogP contribution in [-0.4, -0.2) is 5.91 Å². The summed E-state index contributed by atoms with van der Waals surface area (Å²) >= 11 is 9.43. The van der Waals surface area contributed by atoms with Crippen LogP contribution in [0, 0.1) is 6.92 Å². The lowest BCUT2D eigenvalue weighted by Gasteiger charge is -2.07. The van der Waals surface area contributed by atoms with Crippen molar-refractivity contribution in [2.75, 3.05) is 0 Å². The van der Waals surface area contributed by atoms with Gasteiger partial charge in [-0.2, -0.15) is 0 Å². The van der Waals surface area contributed by atoms with Gasteiger partial charge in [0.2, 0.25) is 0 Å². The zero-order valence-electron chi connectivity index (χ0n) is 11.1. The molecule has 0 atom stereocenters. The van der Waals surface area contributed by atoms with Crippen LogP contribution < -0.4 is 5.32 Å². The number of aryl methyl sites for hydroxylation is 1. The Balaban J connectivity index is 1.98. The molecule has 0 aliphatic heterocycles. The molecule has 2 rings (SSSR count). The smallest absolute Gasteiger partial charge is 0.251 e. The molecular formula is C16H15BrClNO. The molecule has 104 valence electrons. The zero-order valence-corrected chi connectivity index (χ0v) is 13.5. The maximum Gasteiger partial charge on any atom is 0.251 e. The van der Waals surface area contributed by atoms with E-state index in [0.29, 0.717) is 17.1 Å². The monoisotopic (exact) mass is 351 g/mol. The van der Waals surface area contributed by atoms with Crippen LogP contribution in [0.5, 0.6) is 0 Å². The third kappa shape index (κ3) is 3.84. The van der Waals surface area contributed by atoms with Gasteiger partial charge in [-0.1, -0.05) is 57.9 Å². The molecule has 0 aromatic heterocycles. The highest BCUT2D eigenvalue weighted by atomic mass is 79.9. The summed E-state index contributed by atoms with van der Waals surface area (Å²) in [6.45, 7) is 2.42. The Hall–Kier alpha value is -1.32. The Labute approximate surface area is 132 Å². The van der Waals surface area contributed by atoms with Gasteiger partial charge < -0.3 is 5.32 Å². The van der Waals surface area contributed by atoms with Gasteiger partial charge in [0.1, 0.15) is 0 Å². The molecule has 2 nitrogen and oxygen atoms in total. The third-order valence-electron chi connectivity index (χ3n) is 3.06. The summed E-state index contributed by atoms with van der Waals surface area (Å²) < 4.78 is 0. The quantitative estimate of drug-likeness (QED) is 0.808. The third-order valence-corrected chi connectivity index (χ3v) is 4.12. The average Bonchev–Trinajstić information content (AvgIpc) is 2.48. The van der Waals surface area contributed by atoms with E-state index in [1.165, 1.54) is 5.56 Å². The van der Waals surface area contributed by atoms with Gasteiger partial charge in [0.05, 0.1) is 0 Å². The molecule has 4 heteroatoms. The highest BCUT2D eigenvalue weighted by Crippen LogP contribution is 2.16. The second kappa shape index (κ2) is 6.91. The van der Waals surface area contributed by atoms with Gasteiger partial charge in [0, 0.05) is 22.5 Å². The van der Waals surface area contributed by atoms with Crippen molar-refractivity contribution in [3.05, 3.63) is 69.7 Å². The summed E-state index contributed by atoms with van der Waals surface area (Å²) in [7, 11) is 0. The number of carbonyl (C=O) groups excluding carboxylic acids is 1. The molecule has 0 spiro atoms. The zero-order chi connectivity index (χ0) is 14.5. The van der Waals surface area contributed by atoms with Crippen LogP contribution in [-0.2, 0) is 11.9 Å². The maximum atomic E-state index is 12.0. The van der Waals surface area contributed by atoms with E-state index in [1.807, 2.05) is 37.3 Å². The predicted octanol–water partition coefficient (Wildman–Crippen LogP) is 4.47. The number of alkyl halides is 1. The standard InChI is InChI=1S/C16H15BrClNO/c1-11-2-7-14(8-15(11)18)16(20)19-10-13-5-3-12(9-17)4-6-13/h2-8H,9-10H2,1H3,(H,19,20). The Morgan fingerprint density at radius 3 is 2.40 bits per heavy atom. The predicted molar refractivity (Wildman–Crippen MR) is 86.4 cm³/mol. The normalized spacial score (nSPS) is 10.3. The van der Waals surface area contributed by atoms with E-state index < -0.39 is 0 Å². The summed E-state index contributed by atoms with van der Waals surface area (Å²) in [6.07, 6.45) is 0. The van der Waals surface area contributed by atoms with E-state index in [4.69, 9.17) is 11.6 Å². The maximum absolute atomic E-state index is 12.0. The SMILES string of the molecule is Cc1ccc(C(=O)NCc2ccc(CBr)cc2)cc1Cl. The minimum Gasteiger partial charge on any atom is -0.348 e. The van der Waals surface area contributed by atoms with E-state index in [9.17, 15) is 4.79 Å². The molecule has 0 bridgehead atoms. The lowest BCUT2D eigenvalue weighted by Crippen LogP contribution is -2.22. The first-order valence-electron chi connectivity index (χ1n) is 6.28. The highest BCUT2D eigenvalue weighted by molar-refractivity contribution is 9.08. The van der Waals surface area contributed by atoms with E-state index in [0.717, 1.165) is 16.5 Å². The van der Waals surface area contributed by atoms with Crippen LogP contribution in [0.25, 0.3) is 0 Å². The molecule has 0 unspecified atom stereocenters. The lowest BCUT2D eigenvalue weighted by atomic mass is 10.1. The van der Waals surface area contributed by atoms with Crippen LogP contribution in [0.2, 0.25) is 5.02 Å². The highest BCUT2D eigenvalue weighted by Gasteiger charge is 2.07. The fourth-order valence-electron chi connectivity index (χ4n) is 1.76. The molecule has 20 heavy (non-hydrogen) atoms. The summed E-state index contributed by atoms with van der Waals surface area (Å²) in [4.78, 5) is 12.0. The minimum absolute atomic E-state index is 0.114. The van der Waals surface area contributed by atoms with Crippen molar-refractivity contribution in [1.82, 2.24) is 5.32 Å². The van der Waals surface area contributed by atoms with Crippen LogP contribution in [0.1, 0.15) is 27.0 Å². The van der Waals surface area contributed by atoms with Gasteiger partial charge in [-0.25, -0.2) is 0 Å². The molecule has 2 aromatic carbocycles. The molecule has 0 heterocycles. The first kappa shape index (κ1) is 15.1. The van der Waals surface area contributed by atoms with E-state index in [-0.39, 0.29) is 5.91 Å². The largest absolute Gasteiger partial charge is 0.348 e. The van der Waals surface area contributed by atoms with Crippen molar-refractivity contribution in [1.29, 1.82) is 0 Å². The van der Waals surface area contributed by atoms with Gasteiger partial charge in [-0.05, 0) is 35.7 Å². The molecule has 0 saturated heterocycles. The fourth-order valence-corrected chi connectivity index (χ4v) is 2.32. The number of nitrogens with one attached hydrogen (secondary N) is 1. The number of hydrogen-bond acceptors (Lipinski definition) is 1. The van der Waals surface area contributed by atoms with E-state index in [2.05, 4.69) is 21.2 Å². The summed E-state index contributed by atoms with van der Waals surface area (Å²) in [5, 5.41) is 4.34. The van der Waals surface area contributed by atoms with Crippen LogP contribution in [0.3, 0.4) is 0 Å². The fraction of sp³-hybridized carbons (Fsp3) is 0.188. The Bertz CT molecular complexity index is 610. The van der Waals surface area contributed by atoms with Crippen molar-refractivity contribution in [3.63, 3.8) is 0 Å². The van der Waals surface area contributed by atoms with Gasteiger partial charge in [0.25, 0.3) is 5.91 Å².